The zero-order valence-electron chi connectivity index (χ0n) is 13.9. The van der Waals surface area contributed by atoms with Crippen molar-refractivity contribution in [1.82, 2.24) is 20.8 Å². The van der Waals surface area contributed by atoms with Crippen LogP contribution < -0.4 is 10.6 Å². The maximum Gasteiger partial charge on any atom is 0.248 e. The lowest BCUT2D eigenvalue weighted by atomic mass is 10.0. The van der Waals surface area contributed by atoms with Crippen molar-refractivity contribution in [2.45, 2.75) is 39.8 Å². The number of furan rings is 1. The molecule has 0 saturated carbocycles. The number of hydrogen-bond acceptors (Lipinski definition) is 6. The van der Waals surface area contributed by atoms with Gasteiger partial charge in [0, 0.05) is 6.54 Å². The minimum absolute atomic E-state index is 0.245. The van der Waals surface area contributed by atoms with Crippen LogP contribution in [0.25, 0.3) is 0 Å². The van der Waals surface area contributed by atoms with E-state index in [1.54, 1.807) is 19.9 Å². The largest absolute Gasteiger partial charge is 0.463 e. The standard InChI is InChI=1S/C15H23N5O3/c1-5-16-14(17-8-13-19-11(3)20-23-13)18-9-15(4,21)12-7-6-10(2)22-12/h6-7,21H,5,8-9H2,1-4H3,(H2,16,17,18). The van der Waals surface area contributed by atoms with Crippen molar-refractivity contribution in [1.29, 1.82) is 0 Å². The van der Waals surface area contributed by atoms with Crippen molar-refractivity contribution in [3.05, 3.63) is 35.4 Å². The minimum atomic E-state index is -1.15. The molecule has 2 rings (SSSR count). The predicted molar refractivity (Wildman–Crippen MR) is 84.9 cm³/mol. The van der Waals surface area contributed by atoms with E-state index >= 15 is 0 Å². The van der Waals surface area contributed by atoms with Crippen LogP contribution in [0.3, 0.4) is 0 Å². The van der Waals surface area contributed by atoms with Crippen LogP contribution in [-0.2, 0) is 12.1 Å². The van der Waals surface area contributed by atoms with E-state index in [0.717, 1.165) is 5.76 Å². The average Bonchev–Trinajstić information content (AvgIpc) is 3.11. The average molecular weight is 321 g/mol. The molecule has 126 valence electrons. The number of hydrogen-bond donors (Lipinski definition) is 3. The number of aliphatic hydroxyl groups is 1. The Morgan fingerprint density at radius 2 is 2.13 bits per heavy atom. The van der Waals surface area contributed by atoms with Gasteiger partial charge in [0.05, 0.1) is 6.54 Å². The van der Waals surface area contributed by atoms with Gasteiger partial charge < -0.3 is 24.7 Å². The third-order valence-electron chi connectivity index (χ3n) is 3.16. The molecule has 0 saturated heterocycles. The first-order chi connectivity index (χ1) is 10.9. The van der Waals surface area contributed by atoms with Gasteiger partial charge in [-0.1, -0.05) is 5.16 Å². The summed E-state index contributed by atoms with van der Waals surface area (Å²) < 4.78 is 10.5. The second-order valence-corrected chi connectivity index (χ2v) is 5.47. The molecule has 1 unspecified atom stereocenters. The maximum absolute atomic E-state index is 10.5. The Morgan fingerprint density at radius 3 is 2.70 bits per heavy atom. The predicted octanol–water partition coefficient (Wildman–Crippen LogP) is 1.24. The highest BCUT2D eigenvalue weighted by Gasteiger charge is 2.27. The number of aromatic nitrogens is 2. The van der Waals surface area contributed by atoms with Crippen LogP contribution in [-0.4, -0.2) is 34.3 Å². The van der Waals surface area contributed by atoms with E-state index in [9.17, 15) is 5.11 Å². The number of aryl methyl sites for hydroxylation is 2. The molecule has 2 aromatic heterocycles. The molecular formula is C15H23N5O3. The van der Waals surface area contributed by atoms with E-state index in [4.69, 9.17) is 8.94 Å². The Bertz CT molecular complexity index is 660. The van der Waals surface area contributed by atoms with Crippen LogP contribution in [0.15, 0.2) is 26.1 Å². The van der Waals surface area contributed by atoms with E-state index < -0.39 is 5.60 Å². The molecule has 0 bridgehead atoms. The summed E-state index contributed by atoms with van der Waals surface area (Å²) in [5, 5.41) is 20.4. The fourth-order valence-corrected chi connectivity index (χ4v) is 1.96. The van der Waals surface area contributed by atoms with Gasteiger partial charge in [-0.2, -0.15) is 4.98 Å². The van der Waals surface area contributed by atoms with Crippen molar-refractivity contribution < 1.29 is 14.0 Å². The highest BCUT2D eigenvalue weighted by Crippen LogP contribution is 2.21. The van der Waals surface area contributed by atoms with E-state index in [2.05, 4.69) is 25.8 Å². The number of nitrogens with one attached hydrogen (secondary N) is 2. The van der Waals surface area contributed by atoms with Crippen LogP contribution in [0.4, 0.5) is 0 Å². The first-order valence-electron chi connectivity index (χ1n) is 7.51. The SMILES string of the molecule is CCNC(=NCc1nc(C)no1)NCC(C)(O)c1ccc(C)o1. The van der Waals surface area contributed by atoms with Gasteiger partial charge in [0.25, 0.3) is 0 Å². The summed E-state index contributed by atoms with van der Waals surface area (Å²) in [6, 6.07) is 3.59. The molecule has 8 heteroatoms. The van der Waals surface area contributed by atoms with Gasteiger partial charge in [-0.05, 0) is 39.8 Å². The summed E-state index contributed by atoms with van der Waals surface area (Å²) in [6.45, 7) is 8.43. The van der Waals surface area contributed by atoms with Gasteiger partial charge in [0.1, 0.15) is 23.7 Å². The van der Waals surface area contributed by atoms with Crippen molar-refractivity contribution >= 4 is 5.96 Å². The third kappa shape index (κ3) is 4.82. The molecule has 23 heavy (non-hydrogen) atoms. The van der Waals surface area contributed by atoms with Gasteiger partial charge in [-0.25, -0.2) is 4.99 Å². The smallest absolute Gasteiger partial charge is 0.248 e. The molecule has 0 aliphatic heterocycles. The quantitative estimate of drug-likeness (QED) is 0.542. The first kappa shape index (κ1) is 17.0. The maximum atomic E-state index is 10.5. The van der Waals surface area contributed by atoms with Gasteiger partial charge in [0.15, 0.2) is 11.8 Å². The number of aliphatic imine (C=N–C) groups is 1. The van der Waals surface area contributed by atoms with E-state index in [-0.39, 0.29) is 13.1 Å². The van der Waals surface area contributed by atoms with Crippen molar-refractivity contribution in [3.63, 3.8) is 0 Å². The summed E-state index contributed by atoms with van der Waals surface area (Å²) in [5.41, 5.74) is -1.15. The van der Waals surface area contributed by atoms with Gasteiger partial charge >= 0.3 is 0 Å². The Balaban J connectivity index is 1.98. The molecule has 0 fully saturated rings. The molecule has 8 nitrogen and oxygen atoms in total. The lowest BCUT2D eigenvalue weighted by molar-refractivity contribution is 0.0378. The van der Waals surface area contributed by atoms with Gasteiger partial charge in [-0.15, -0.1) is 0 Å². The molecule has 0 spiro atoms. The van der Waals surface area contributed by atoms with Gasteiger partial charge in [-0.3, -0.25) is 0 Å². The van der Waals surface area contributed by atoms with E-state index in [1.165, 1.54) is 0 Å². The van der Waals surface area contributed by atoms with Crippen molar-refractivity contribution in [3.8, 4) is 0 Å². The lowest BCUT2D eigenvalue weighted by Gasteiger charge is -2.22. The van der Waals surface area contributed by atoms with Crippen molar-refractivity contribution in [2.75, 3.05) is 13.1 Å². The van der Waals surface area contributed by atoms with Crippen LogP contribution in [0.5, 0.6) is 0 Å². The van der Waals surface area contributed by atoms with Crippen LogP contribution in [0, 0.1) is 13.8 Å². The normalized spacial score (nSPS) is 14.6. The van der Waals surface area contributed by atoms with E-state index in [1.807, 2.05) is 19.9 Å². The van der Waals surface area contributed by atoms with Crippen molar-refractivity contribution in [2.24, 2.45) is 4.99 Å². The van der Waals surface area contributed by atoms with E-state index in [0.29, 0.717) is 30.0 Å². The molecular weight excluding hydrogens is 298 g/mol. The van der Waals surface area contributed by atoms with Crippen LogP contribution >= 0.6 is 0 Å². The molecule has 0 aliphatic rings. The molecule has 2 aromatic rings. The second kappa shape index (κ2) is 7.28. The molecule has 2 heterocycles. The van der Waals surface area contributed by atoms with Crippen LogP contribution in [0.2, 0.25) is 0 Å². The molecule has 0 amide bonds. The summed E-state index contributed by atoms with van der Waals surface area (Å²) >= 11 is 0. The second-order valence-electron chi connectivity index (χ2n) is 5.47. The highest BCUT2D eigenvalue weighted by atomic mass is 16.5. The molecule has 3 N–H and O–H groups in total. The Kier molecular flexibility index (Phi) is 5.38. The molecule has 0 aliphatic carbocycles. The number of nitrogens with zero attached hydrogens (tertiary/aromatic N) is 3. The molecule has 0 radical (unpaired) electrons. The third-order valence-corrected chi connectivity index (χ3v) is 3.16. The highest BCUT2D eigenvalue weighted by molar-refractivity contribution is 5.79. The van der Waals surface area contributed by atoms with Crippen LogP contribution in [0.1, 0.15) is 37.1 Å². The fourth-order valence-electron chi connectivity index (χ4n) is 1.96. The first-order valence-corrected chi connectivity index (χ1v) is 7.51. The Hall–Kier alpha value is -2.35. The Labute approximate surface area is 135 Å². The molecule has 0 aromatic carbocycles. The number of guanidine groups is 1. The zero-order chi connectivity index (χ0) is 16.9. The lowest BCUT2D eigenvalue weighted by Crippen LogP contribution is -2.44. The monoisotopic (exact) mass is 321 g/mol. The Morgan fingerprint density at radius 1 is 1.35 bits per heavy atom. The topological polar surface area (TPSA) is 109 Å². The fraction of sp³-hybridized carbons (Fsp3) is 0.533. The molecule has 1 atom stereocenters. The summed E-state index contributed by atoms with van der Waals surface area (Å²) in [7, 11) is 0. The summed E-state index contributed by atoms with van der Waals surface area (Å²) in [6.07, 6.45) is 0. The zero-order valence-corrected chi connectivity index (χ0v) is 13.9. The summed E-state index contributed by atoms with van der Waals surface area (Å²) in [5.74, 6) is 2.82. The van der Waals surface area contributed by atoms with Gasteiger partial charge in [0.2, 0.25) is 5.89 Å². The number of rotatable bonds is 6. The minimum Gasteiger partial charge on any atom is -0.463 e. The summed E-state index contributed by atoms with van der Waals surface area (Å²) in [4.78, 5) is 8.45.